The van der Waals surface area contributed by atoms with Crippen molar-refractivity contribution in [3.63, 3.8) is 0 Å². The average Bonchev–Trinajstić information content (AvgIpc) is 3.74. The molecule has 0 saturated carbocycles. The van der Waals surface area contributed by atoms with E-state index in [2.05, 4.69) is 83.2 Å². The van der Waals surface area contributed by atoms with Crippen LogP contribution in [0.3, 0.4) is 0 Å². The van der Waals surface area contributed by atoms with Gasteiger partial charge in [0.15, 0.2) is 5.78 Å². The van der Waals surface area contributed by atoms with E-state index >= 15 is 0 Å². The van der Waals surface area contributed by atoms with E-state index < -0.39 is 6.04 Å². The summed E-state index contributed by atoms with van der Waals surface area (Å²) in [5.74, 6) is 1.24. The molecule has 1 aliphatic rings. The number of unbranched alkanes of at least 4 members (excludes halogenated alkanes) is 1. The second-order valence-corrected chi connectivity index (χ2v) is 16.4. The molecule has 0 aromatic heterocycles. The fraction of sp³-hybridized carbons (Fsp3) is 0.708. The zero-order valence-corrected chi connectivity index (χ0v) is 42.7. The van der Waals surface area contributed by atoms with E-state index in [1.54, 1.807) is 25.1 Å². The molecular weight excluding hydrogens is 809 g/mol. The van der Waals surface area contributed by atoms with Crippen LogP contribution in [0, 0.1) is 23.7 Å². The minimum atomic E-state index is -0.418. The Labute approximate surface area is 383 Å². The number of Topliss-reactive ketones (excluding diaryl/α,β-unsaturated/α-hetero) is 1. The van der Waals surface area contributed by atoms with Crippen LogP contribution < -0.4 is 10.6 Å². The minimum Gasteiger partial charge on any atom is -0.513 e. The summed E-state index contributed by atoms with van der Waals surface area (Å²) in [7, 11) is 4.47. The summed E-state index contributed by atoms with van der Waals surface area (Å²) in [5.41, 5.74) is 2.38. The Bertz CT molecular complexity index is 1300. The highest BCUT2D eigenvalue weighted by atomic mass is 32.2. The largest absolute Gasteiger partial charge is 0.513 e. The molecule has 1 heterocycles. The first kappa shape index (κ1) is 64.8. The van der Waals surface area contributed by atoms with Crippen molar-refractivity contribution in [2.24, 2.45) is 23.7 Å². The van der Waals surface area contributed by atoms with E-state index in [0.29, 0.717) is 38.4 Å². The van der Waals surface area contributed by atoms with Crippen molar-refractivity contribution < 1.29 is 34.1 Å². The third-order valence-corrected chi connectivity index (χ3v) is 11.3. The first-order valence-electron chi connectivity index (χ1n) is 22.1. The van der Waals surface area contributed by atoms with E-state index in [0.717, 1.165) is 32.1 Å². The Morgan fingerprint density at radius 2 is 1.54 bits per heavy atom. The highest BCUT2D eigenvalue weighted by molar-refractivity contribution is 8.00. The maximum Gasteiger partial charge on any atom is 0.234 e. The van der Waals surface area contributed by atoms with Gasteiger partial charge in [-0.1, -0.05) is 131 Å². The molecule has 1 aliphatic heterocycles. The van der Waals surface area contributed by atoms with E-state index in [1.165, 1.54) is 30.9 Å². The second kappa shape index (κ2) is 41.2. The maximum atomic E-state index is 13.2. The Morgan fingerprint density at radius 3 is 2.00 bits per heavy atom. The van der Waals surface area contributed by atoms with E-state index in [1.807, 2.05) is 69.7 Å². The number of thioether (sulfide) groups is 1. The lowest BCUT2D eigenvalue weighted by molar-refractivity contribution is -0.138. The number of methoxy groups -OCH3 is 1. The Kier molecular flexibility index (Phi) is 43.7. The van der Waals surface area contributed by atoms with Gasteiger partial charge >= 0.3 is 0 Å². The Balaban J connectivity index is -0.000000476. The second-order valence-electron chi connectivity index (χ2n) is 15.2. The van der Waals surface area contributed by atoms with Gasteiger partial charge in [-0.05, 0) is 69.4 Å². The molecule has 1 aromatic rings. The molecular formula is C48H90N4O7S2. The number of benzene rings is 1. The predicted octanol–water partition coefficient (Wildman–Crippen LogP) is 9.01. The number of rotatable bonds is 22. The van der Waals surface area contributed by atoms with Crippen molar-refractivity contribution in [2.75, 3.05) is 59.5 Å². The van der Waals surface area contributed by atoms with Crippen molar-refractivity contribution in [1.29, 1.82) is 0 Å². The monoisotopic (exact) mass is 899 g/mol. The minimum absolute atomic E-state index is 0.0254. The van der Waals surface area contributed by atoms with Crippen LogP contribution in [0.4, 0.5) is 0 Å². The molecule has 0 spiro atoms. The van der Waals surface area contributed by atoms with Crippen molar-refractivity contribution in [3.05, 3.63) is 60.4 Å². The number of thiol groups is 1. The molecule has 11 nitrogen and oxygen atoms in total. The molecule has 0 aliphatic carbocycles. The number of nitrogens with zero attached hydrogens (tertiary/aromatic N) is 2. The molecule has 1 aromatic carbocycles. The quantitative estimate of drug-likeness (QED) is 0.0437. The van der Waals surface area contributed by atoms with Crippen molar-refractivity contribution in [3.8, 4) is 0 Å². The maximum absolute atomic E-state index is 13.2. The molecule has 1 saturated heterocycles. The molecule has 5 unspecified atom stereocenters. The molecule has 61 heavy (non-hydrogen) atoms. The van der Waals surface area contributed by atoms with Gasteiger partial charge < -0.3 is 30.5 Å². The predicted molar refractivity (Wildman–Crippen MR) is 264 cm³/mol. The number of carbonyl (C=O) groups is 4. The summed E-state index contributed by atoms with van der Waals surface area (Å²) >= 11 is 5.23. The Morgan fingerprint density at radius 1 is 0.984 bits per heavy atom. The highest BCUT2D eigenvalue weighted by Gasteiger charge is 2.40. The molecule has 3 amide bonds. The fourth-order valence-corrected chi connectivity index (χ4v) is 7.49. The normalized spacial score (nSPS) is 15.1. The number of likely N-dealkylation sites (N-methyl/N-ethyl adjacent to an activating group) is 1. The van der Waals surface area contributed by atoms with Crippen molar-refractivity contribution in [2.45, 2.75) is 139 Å². The van der Waals surface area contributed by atoms with Crippen molar-refractivity contribution in [1.82, 2.24) is 20.4 Å². The van der Waals surface area contributed by atoms with Crippen LogP contribution in [-0.4, -0.2) is 120 Å². The van der Waals surface area contributed by atoms with Crippen LogP contribution in [0.25, 0.3) is 0 Å². The number of hydrogen-bond donors (Lipinski definition) is 5. The van der Waals surface area contributed by atoms with Gasteiger partial charge in [-0.15, -0.1) is 11.8 Å². The number of ketones is 1. The number of hydrogen-bond acceptors (Lipinski definition) is 10. The third-order valence-electron chi connectivity index (χ3n) is 10.1. The number of allylic oxidation sites excluding steroid dienone is 2. The summed E-state index contributed by atoms with van der Waals surface area (Å²) in [6.07, 6.45) is 7.49. The summed E-state index contributed by atoms with van der Waals surface area (Å²) in [5, 5.41) is 21.6. The van der Waals surface area contributed by atoms with Gasteiger partial charge in [-0.3, -0.25) is 24.1 Å². The van der Waals surface area contributed by atoms with Crippen molar-refractivity contribution >= 4 is 47.9 Å². The number of nitrogens with one attached hydrogen (secondary N) is 2. The summed E-state index contributed by atoms with van der Waals surface area (Å²) in [6.45, 7) is 31.7. The molecule has 2 rings (SSSR count). The van der Waals surface area contributed by atoms with Crippen LogP contribution in [-0.2, 0) is 30.3 Å². The molecule has 356 valence electrons. The standard InChI is InChI=1S/C26H40N2O3S.C14H26N2O3.C4H10.C2H6.CH4O.CH4S/c1-7-18(2)20(4)19(3)17-23(29)28-15-16-32-26(28)24(31-6)21(5)25(30)27-14-13-22-11-9-8-10-12-22;1-10(2)14(12(4)18)15-13(19)9-16(5)8-6-7-11(3)17;1-3-4-2;3*1-2/h8-12,19-21,24,26H,2,7,13-17H2,1,3-6H3,(H,27,30);10,14,17H,3,6-9H2,1-2,4-5H3,(H,15,19);3-4H2,1-2H3;1-2H3;2*2H,1H3/t;14-;;;;/m.0..../s1. The molecule has 13 heteroatoms. The van der Waals surface area contributed by atoms with Gasteiger partial charge in [0, 0.05) is 45.9 Å². The number of carbonyl (C=O) groups excluding carboxylic acids is 4. The van der Waals surface area contributed by atoms with Crippen LogP contribution in [0.15, 0.2) is 54.8 Å². The number of aliphatic hydroxyl groups excluding tert-OH is 2. The van der Waals surface area contributed by atoms with Gasteiger partial charge in [0.25, 0.3) is 0 Å². The van der Waals surface area contributed by atoms with Crippen LogP contribution >= 0.6 is 24.4 Å². The lowest BCUT2D eigenvalue weighted by atomic mass is 9.85. The van der Waals surface area contributed by atoms with E-state index in [4.69, 9.17) is 14.9 Å². The Hall–Kier alpha value is -2.84. The number of ether oxygens (including phenoxy) is 1. The number of aliphatic hydroxyl groups is 2. The van der Waals surface area contributed by atoms with Crippen LogP contribution in [0.5, 0.6) is 0 Å². The average molecular weight is 899 g/mol. The third kappa shape index (κ3) is 30.0. The topological polar surface area (TPSA) is 149 Å². The summed E-state index contributed by atoms with van der Waals surface area (Å²) < 4.78 is 5.78. The summed E-state index contributed by atoms with van der Waals surface area (Å²) in [6, 6.07) is 9.69. The molecule has 0 bridgehead atoms. The lowest BCUT2D eigenvalue weighted by Gasteiger charge is -2.34. The van der Waals surface area contributed by atoms with E-state index in [-0.39, 0.29) is 65.0 Å². The zero-order chi connectivity index (χ0) is 48.1. The van der Waals surface area contributed by atoms with Crippen LogP contribution in [0.1, 0.15) is 120 Å². The SMILES string of the molecule is C=C(CC)C(C)C(C)CC(=O)N1CCSC1C(OC)C(C)C(=O)NCCc1ccccc1.C=C(O)CCCN(C)CC(=O)N[C@H](C(C)=O)C(C)C.CC.CCCC.CO.CS. The highest BCUT2D eigenvalue weighted by Crippen LogP contribution is 2.33. The first-order valence-corrected chi connectivity index (χ1v) is 24.1. The smallest absolute Gasteiger partial charge is 0.234 e. The lowest BCUT2D eigenvalue weighted by Crippen LogP contribution is -2.49. The van der Waals surface area contributed by atoms with Gasteiger partial charge in [0.05, 0.1) is 30.4 Å². The molecule has 6 atom stereocenters. The van der Waals surface area contributed by atoms with Gasteiger partial charge in [0.2, 0.25) is 17.7 Å². The molecule has 4 N–H and O–H groups in total. The van der Waals surface area contributed by atoms with Gasteiger partial charge in [-0.2, -0.15) is 12.6 Å². The summed E-state index contributed by atoms with van der Waals surface area (Å²) in [4.78, 5) is 52.9. The zero-order valence-electron chi connectivity index (χ0n) is 41.0. The molecule has 0 radical (unpaired) electrons. The number of amides is 3. The fourth-order valence-electron chi connectivity index (χ4n) is 6.01. The van der Waals surface area contributed by atoms with Gasteiger partial charge in [-0.25, -0.2) is 0 Å². The van der Waals surface area contributed by atoms with Crippen LogP contribution in [0.2, 0.25) is 0 Å². The van der Waals surface area contributed by atoms with Gasteiger partial charge in [0.1, 0.15) is 5.37 Å². The van der Waals surface area contributed by atoms with E-state index in [9.17, 15) is 19.2 Å². The molecule has 1 fully saturated rings. The first-order chi connectivity index (χ1) is 28.9.